The number of aromatic nitrogens is 2. The zero-order valence-corrected chi connectivity index (χ0v) is 14.9. The summed E-state index contributed by atoms with van der Waals surface area (Å²) in [7, 11) is 0. The molecular formula is C17H28N4O3. The third kappa shape index (κ3) is 5.04. The standard InChI is InChI=1S/C17H28N4O3/c1-17(2,3)16-19-14(24-20-16)9-6-10-15(23)21(11-13(18)22)12-7-4-5-8-12/h12H,4-11H2,1-3H3,(H2,18,22). The molecule has 2 amide bonds. The van der Waals surface area contributed by atoms with E-state index in [1.807, 2.05) is 20.8 Å². The Hall–Kier alpha value is -1.92. The number of carbonyl (C=O) groups excluding carboxylic acids is 2. The maximum Gasteiger partial charge on any atom is 0.237 e. The molecule has 1 fully saturated rings. The van der Waals surface area contributed by atoms with Crippen LogP contribution < -0.4 is 5.73 Å². The lowest BCUT2D eigenvalue weighted by Gasteiger charge is -2.27. The van der Waals surface area contributed by atoms with Gasteiger partial charge in [0.1, 0.15) is 0 Å². The second-order valence-electron chi connectivity index (χ2n) is 7.54. The van der Waals surface area contributed by atoms with Crippen molar-refractivity contribution >= 4 is 11.8 Å². The van der Waals surface area contributed by atoms with E-state index >= 15 is 0 Å². The summed E-state index contributed by atoms with van der Waals surface area (Å²) in [5, 5.41) is 3.98. The molecule has 1 aliphatic rings. The topological polar surface area (TPSA) is 102 Å². The molecule has 134 valence electrons. The molecule has 7 nitrogen and oxygen atoms in total. The van der Waals surface area contributed by atoms with Gasteiger partial charge in [0.2, 0.25) is 17.7 Å². The number of nitrogens with zero attached hydrogens (tertiary/aromatic N) is 3. The number of amides is 2. The molecule has 1 aromatic heterocycles. The Labute approximate surface area is 143 Å². The Morgan fingerprint density at radius 1 is 1.29 bits per heavy atom. The molecule has 1 heterocycles. The third-order valence-corrected chi connectivity index (χ3v) is 4.33. The first kappa shape index (κ1) is 18.4. The number of aryl methyl sites for hydroxylation is 1. The van der Waals surface area contributed by atoms with Gasteiger partial charge in [0.25, 0.3) is 0 Å². The number of hydrogen-bond acceptors (Lipinski definition) is 5. The van der Waals surface area contributed by atoms with Crippen molar-refractivity contribution < 1.29 is 14.1 Å². The highest BCUT2D eigenvalue weighted by atomic mass is 16.5. The molecule has 0 saturated heterocycles. The minimum atomic E-state index is -0.457. The van der Waals surface area contributed by atoms with Crippen LogP contribution in [0.2, 0.25) is 0 Å². The number of carbonyl (C=O) groups is 2. The van der Waals surface area contributed by atoms with Crippen molar-refractivity contribution in [1.29, 1.82) is 0 Å². The molecule has 0 spiro atoms. The summed E-state index contributed by atoms with van der Waals surface area (Å²) in [6.45, 7) is 6.08. The molecule has 0 unspecified atom stereocenters. The fourth-order valence-electron chi connectivity index (χ4n) is 3.00. The number of nitrogens with two attached hydrogens (primary N) is 1. The van der Waals surface area contributed by atoms with E-state index in [1.54, 1.807) is 4.90 Å². The number of hydrogen-bond donors (Lipinski definition) is 1. The summed E-state index contributed by atoms with van der Waals surface area (Å²) < 4.78 is 5.24. The van der Waals surface area contributed by atoms with Crippen molar-refractivity contribution in [2.75, 3.05) is 6.54 Å². The summed E-state index contributed by atoms with van der Waals surface area (Å²) in [4.78, 5) is 29.8. The van der Waals surface area contributed by atoms with Crippen LogP contribution in [0.5, 0.6) is 0 Å². The van der Waals surface area contributed by atoms with E-state index in [-0.39, 0.29) is 23.9 Å². The molecule has 0 atom stereocenters. The zero-order chi connectivity index (χ0) is 17.7. The second kappa shape index (κ2) is 7.77. The second-order valence-corrected chi connectivity index (χ2v) is 7.54. The maximum atomic E-state index is 12.5. The van der Waals surface area contributed by atoms with E-state index in [0.29, 0.717) is 31.0 Å². The van der Waals surface area contributed by atoms with Gasteiger partial charge in [-0.25, -0.2) is 0 Å². The van der Waals surface area contributed by atoms with Gasteiger partial charge in [-0.3, -0.25) is 9.59 Å². The van der Waals surface area contributed by atoms with Gasteiger partial charge in [0, 0.05) is 24.3 Å². The molecule has 0 bridgehead atoms. The highest BCUT2D eigenvalue weighted by Gasteiger charge is 2.27. The maximum absolute atomic E-state index is 12.5. The first-order chi connectivity index (χ1) is 11.3. The molecule has 24 heavy (non-hydrogen) atoms. The highest BCUT2D eigenvalue weighted by molar-refractivity contribution is 5.84. The monoisotopic (exact) mass is 336 g/mol. The predicted molar refractivity (Wildman–Crippen MR) is 89.1 cm³/mol. The Morgan fingerprint density at radius 2 is 1.96 bits per heavy atom. The van der Waals surface area contributed by atoms with Crippen molar-refractivity contribution in [3.8, 4) is 0 Å². The summed E-state index contributed by atoms with van der Waals surface area (Å²) >= 11 is 0. The molecule has 1 aromatic rings. The summed E-state index contributed by atoms with van der Waals surface area (Å²) in [6, 6.07) is 0.154. The van der Waals surface area contributed by atoms with Gasteiger partial charge in [0.05, 0.1) is 6.54 Å². The quantitative estimate of drug-likeness (QED) is 0.820. The van der Waals surface area contributed by atoms with Crippen molar-refractivity contribution in [2.24, 2.45) is 5.73 Å². The van der Waals surface area contributed by atoms with Gasteiger partial charge in [-0.15, -0.1) is 0 Å². The Bertz CT molecular complexity index is 571. The third-order valence-electron chi connectivity index (χ3n) is 4.33. The van der Waals surface area contributed by atoms with Crippen LogP contribution in [-0.4, -0.2) is 39.4 Å². The SMILES string of the molecule is CC(C)(C)c1noc(CCCC(=O)N(CC(N)=O)C2CCCC2)n1. The average molecular weight is 336 g/mol. The zero-order valence-electron chi connectivity index (χ0n) is 14.9. The number of rotatable bonds is 7. The van der Waals surface area contributed by atoms with Crippen LogP contribution in [-0.2, 0) is 21.4 Å². The van der Waals surface area contributed by atoms with Crippen molar-refractivity contribution in [3.63, 3.8) is 0 Å². The molecule has 2 N–H and O–H groups in total. The molecule has 7 heteroatoms. The van der Waals surface area contributed by atoms with E-state index in [0.717, 1.165) is 25.7 Å². The first-order valence-corrected chi connectivity index (χ1v) is 8.68. The van der Waals surface area contributed by atoms with E-state index in [2.05, 4.69) is 10.1 Å². The van der Waals surface area contributed by atoms with Crippen LogP contribution in [0.1, 0.15) is 71.0 Å². The Kier molecular flexibility index (Phi) is 5.96. The lowest BCUT2D eigenvalue weighted by molar-refractivity contribution is -0.137. The van der Waals surface area contributed by atoms with Gasteiger partial charge in [0.15, 0.2) is 5.82 Å². The van der Waals surface area contributed by atoms with Gasteiger partial charge in [-0.1, -0.05) is 38.8 Å². The summed E-state index contributed by atoms with van der Waals surface area (Å²) in [5.41, 5.74) is 5.14. The normalized spacial score (nSPS) is 15.6. The average Bonchev–Trinajstić information content (AvgIpc) is 3.15. The lowest BCUT2D eigenvalue weighted by Crippen LogP contribution is -2.44. The minimum absolute atomic E-state index is 0.0121. The van der Waals surface area contributed by atoms with Crippen molar-refractivity contribution in [3.05, 3.63) is 11.7 Å². The smallest absolute Gasteiger partial charge is 0.237 e. The van der Waals surface area contributed by atoms with Crippen LogP contribution >= 0.6 is 0 Å². The van der Waals surface area contributed by atoms with Gasteiger partial charge in [-0.05, 0) is 19.3 Å². The minimum Gasteiger partial charge on any atom is -0.368 e. The van der Waals surface area contributed by atoms with Gasteiger partial charge >= 0.3 is 0 Å². The molecule has 1 aliphatic carbocycles. The number of primary amides is 1. The molecule has 2 rings (SSSR count). The van der Waals surface area contributed by atoms with Crippen LogP contribution in [0, 0.1) is 0 Å². The first-order valence-electron chi connectivity index (χ1n) is 8.68. The fourth-order valence-corrected chi connectivity index (χ4v) is 3.00. The van der Waals surface area contributed by atoms with Gasteiger partial charge < -0.3 is 15.2 Å². The molecule has 0 aliphatic heterocycles. The van der Waals surface area contributed by atoms with Gasteiger partial charge in [-0.2, -0.15) is 4.98 Å². The molecular weight excluding hydrogens is 308 g/mol. The van der Waals surface area contributed by atoms with Crippen LogP contribution in [0.3, 0.4) is 0 Å². The largest absolute Gasteiger partial charge is 0.368 e. The van der Waals surface area contributed by atoms with Crippen LogP contribution in [0.4, 0.5) is 0 Å². The predicted octanol–water partition coefficient (Wildman–Crippen LogP) is 1.95. The molecule has 0 radical (unpaired) electrons. The summed E-state index contributed by atoms with van der Waals surface area (Å²) in [6.07, 6.45) is 5.65. The van der Waals surface area contributed by atoms with Crippen LogP contribution in [0.25, 0.3) is 0 Å². The van der Waals surface area contributed by atoms with E-state index < -0.39 is 5.91 Å². The van der Waals surface area contributed by atoms with E-state index in [9.17, 15) is 9.59 Å². The lowest BCUT2D eigenvalue weighted by atomic mass is 9.96. The van der Waals surface area contributed by atoms with Crippen molar-refractivity contribution in [1.82, 2.24) is 15.0 Å². The van der Waals surface area contributed by atoms with Crippen molar-refractivity contribution in [2.45, 2.75) is 77.2 Å². The van der Waals surface area contributed by atoms with E-state index in [1.165, 1.54) is 0 Å². The van der Waals surface area contributed by atoms with Crippen LogP contribution in [0.15, 0.2) is 4.52 Å². The Balaban J connectivity index is 1.86. The Morgan fingerprint density at radius 3 is 2.50 bits per heavy atom. The molecule has 0 aromatic carbocycles. The van der Waals surface area contributed by atoms with E-state index in [4.69, 9.17) is 10.3 Å². The highest BCUT2D eigenvalue weighted by Crippen LogP contribution is 2.24. The summed E-state index contributed by atoms with van der Waals surface area (Å²) in [5.74, 6) is 0.749. The fraction of sp³-hybridized carbons (Fsp3) is 0.765. The molecule has 1 saturated carbocycles.